The molecule has 0 radical (unpaired) electrons. The highest BCUT2D eigenvalue weighted by atomic mass is 16.2. The minimum absolute atomic E-state index is 0.0360. The second-order valence-electron chi connectivity index (χ2n) is 5.81. The van der Waals surface area contributed by atoms with E-state index in [1.54, 1.807) is 23.9 Å². The van der Waals surface area contributed by atoms with Crippen molar-refractivity contribution in [2.45, 2.75) is 20.3 Å². The minimum Gasteiger partial charge on any atom is -0.372 e. The van der Waals surface area contributed by atoms with Crippen LogP contribution >= 0.6 is 0 Å². The molecule has 5 heteroatoms. The number of para-hydroxylation sites is 1. The number of aromatic nitrogens is 1. The average molecular weight is 327 g/mol. The second kappa shape index (κ2) is 8.34. The summed E-state index contributed by atoms with van der Waals surface area (Å²) in [4.78, 5) is 25.9. The molecule has 0 unspecified atom stereocenters. The summed E-state index contributed by atoms with van der Waals surface area (Å²) in [6.45, 7) is 6.03. The van der Waals surface area contributed by atoms with Gasteiger partial charge in [0.05, 0.1) is 0 Å². The Morgan fingerprint density at radius 1 is 1.21 bits per heavy atom. The van der Waals surface area contributed by atoms with Crippen LogP contribution in [-0.4, -0.2) is 35.9 Å². The smallest absolute Gasteiger partial charge is 0.267 e. The molecule has 0 atom stereocenters. The van der Waals surface area contributed by atoms with Crippen LogP contribution in [0.5, 0.6) is 0 Å². The molecule has 0 bridgehead atoms. The van der Waals surface area contributed by atoms with E-state index in [0.29, 0.717) is 17.8 Å². The fourth-order valence-corrected chi connectivity index (χ4v) is 2.65. The molecule has 2 rings (SSSR count). The van der Waals surface area contributed by atoms with Gasteiger partial charge < -0.3 is 14.8 Å². The topological polar surface area (TPSA) is 54.3 Å². The van der Waals surface area contributed by atoms with Gasteiger partial charge in [-0.1, -0.05) is 18.2 Å². The zero-order valence-corrected chi connectivity index (χ0v) is 14.6. The van der Waals surface area contributed by atoms with Gasteiger partial charge in [-0.15, -0.1) is 0 Å². The van der Waals surface area contributed by atoms with Crippen molar-refractivity contribution in [2.75, 3.05) is 24.5 Å². The number of ketones is 1. The number of carbonyl (C=O) groups is 2. The van der Waals surface area contributed by atoms with Gasteiger partial charge >= 0.3 is 0 Å². The maximum atomic E-state index is 12.2. The summed E-state index contributed by atoms with van der Waals surface area (Å²) >= 11 is 0. The molecule has 0 aliphatic rings. The lowest BCUT2D eigenvalue weighted by Gasteiger charge is -2.23. The Kier molecular flexibility index (Phi) is 6.18. The summed E-state index contributed by atoms with van der Waals surface area (Å²) in [5, 5.41) is 2.93. The van der Waals surface area contributed by atoms with E-state index in [1.807, 2.05) is 18.2 Å². The Morgan fingerprint density at radius 2 is 1.92 bits per heavy atom. The van der Waals surface area contributed by atoms with E-state index in [0.717, 1.165) is 19.5 Å². The Labute approximate surface area is 143 Å². The van der Waals surface area contributed by atoms with Gasteiger partial charge in [-0.3, -0.25) is 9.59 Å². The molecule has 5 nitrogen and oxygen atoms in total. The number of nitrogens with zero attached hydrogens (tertiary/aromatic N) is 2. The number of nitrogens with one attached hydrogen (secondary N) is 1. The lowest BCUT2D eigenvalue weighted by Crippen LogP contribution is -2.30. The Hall–Kier alpha value is -2.56. The van der Waals surface area contributed by atoms with E-state index < -0.39 is 0 Å². The van der Waals surface area contributed by atoms with Crippen LogP contribution < -0.4 is 10.2 Å². The SMILES string of the molecule is CCN(CCCNC(=O)c1cc(C(C)=O)cn1C)c1ccccc1. The first kappa shape index (κ1) is 17.8. The number of hydrogen-bond donors (Lipinski definition) is 1. The fraction of sp³-hybridized carbons (Fsp3) is 0.368. The molecule has 0 spiro atoms. The van der Waals surface area contributed by atoms with Gasteiger partial charge in [0.2, 0.25) is 0 Å². The Bertz CT molecular complexity index is 692. The highest BCUT2D eigenvalue weighted by Crippen LogP contribution is 2.13. The highest BCUT2D eigenvalue weighted by molar-refractivity contribution is 5.99. The number of amides is 1. The summed E-state index contributed by atoms with van der Waals surface area (Å²) in [7, 11) is 1.77. The number of benzene rings is 1. The van der Waals surface area contributed by atoms with E-state index in [4.69, 9.17) is 0 Å². The number of aryl methyl sites for hydroxylation is 1. The first-order chi connectivity index (χ1) is 11.5. The standard InChI is InChI=1S/C19H25N3O2/c1-4-22(17-9-6-5-7-10-17)12-8-11-20-19(24)18-13-16(15(2)23)14-21(18)3/h5-7,9-10,13-14H,4,8,11-12H2,1-3H3,(H,20,24). The summed E-state index contributed by atoms with van der Waals surface area (Å²) in [5.41, 5.74) is 2.26. The minimum atomic E-state index is -0.146. The lowest BCUT2D eigenvalue weighted by atomic mass is 10.2. The van der Waals surface area contributed by atoms with Gasteiger partial charge in [-0.05, 0) is 38.5 Å². The molecule has 0 saturated carbocycles. The molecular weight excluding hydrogens is 302 g/mol. The monoisotopic (exact) mass is 327 g/mol. The number of rotatable bonds is 8. The molecule has 0 fully saturated rings. The van der Waals surface area contributed by atoms with Crippen molar-refractivity contribution in [3.63, 3.8) is 0 Å². The number of Topliss-reactive ketones (excluding diaryl/α,β-unsaturated/α-hetero) is 1. The van der Waals surface area contributed by atoms with Gasteiger partial charge in [0.15, 0.2) is 5.78 Å². The third-order valence-corrected chi connectivity index (χ3v) is 4.04. The van der Waals surface area contributed by atoms with Gasteiger partial charge in [-0.25, -0.2) is 0 Å². The summed E-state index contributed by atoms with van der Waals surface area (Å²) in [6, 6.07) is 11.9. The first-order valence-electron chi connectivity index (χ1n) is 8.28. The van der Waals surface area contributed by atoms with Gasteiger partial charge in [0, 0.05) is 44.1 Å². The molecule has 1 aromatic heterocycles. The van der Waals surface area contributed by atoms with E-state index in [-0.39, 0.29) is 11.7 Å². The Morgan fingerprint density at radius 3 is 2.50 bits per heavy atom. The van der Waals surface area contributed by atoms with E-state index in [1.165, 1.54) is 12.6 Å². The molecular formula is C19H25N3O2. The van der Waals surface area contributed by atoms with Crippen LogP contribution in [0.3, 0.4) is 0 Å². The maximum absolute atomic E-state index is 12.2. The molecule has 0 aliphatic carbocycles. The quantitative estimate of drug-likeness (QED) is 0.599. The number of carbonyl (C=O) groups excluding carboxylic acids is 2. The van der Waals surface area contributed by atoms with Gasteiger partial charge in [0.1, 0.15) is 5.69 Å². The van der Waals surface area contributed by atoms with E-state index >= 15 is 0 Å². The van der Waals surface area contributed by atoms with Crippen molar-refractivity contribution >= 4 is 17.4 Å². The normalized spacial score (nSPS) is 10.5. The Balaban J connectivity index is 1.83. The van der Waals surface area contributed by atoms with Crippen molar-refractivity contribution in [1.29, 1.82) is 0 Å². The fourth-order valence-electron chi connectivity index (χ4n) is 2.65. The van der Waals surface area contributed by atoms with Crippen LogP contribution in [0.4, 0.5) is 5.69 Å². The third-order valence-electron chi connectivity index (χ3n) is 4.04. The van der Waals surface area contributed by atoms with E-state index in [9.17, 15) is 9.59 Å². The summed E-state index contributed by atoms with van der Waals surface area (Å²) in [5.74, 6) is -0.182. The van der Waals surface area contributed by atoms with Gasteiger partial charge in [-0.2, -0.15) is 0 Å². The van der Waals surface area contributed by atoms with Crippen molar-refractivity contribution in [1.82, 2.24) is 9.88 Å². The van der Waals surface area contributed by atoms with Crippen molar-refractivity contribution < 1.29 is 9.59 Å². The number of anilines is 1. The highest BCUT2D eigenvalue weighted by Gasteiger charge is 2.13. The molecule has 1 N–H and O–H groups in total. The molecule has 1 aromatic carbocycles. The summed E-state index contributed by atoms with van der Waals surface area (Å²) in [6.07, 6.45) is 2.55. The largest absolute Gasteiger partial charge is 0.372 e. The molecule has 1 heterocycles. The lowest BCUT2D eigenvalue weighted by molar-refractivity contribution is 0.0945. The first-order valence-corrected chi connectivity index (χ1v) is 8.28. The zero-order valence-electron chi connectivity index (χ0n) is 14.6. The predicted molar refractivity (Wildman–Crippen MR) is 96.7 cm³/mol. The molecule has 1 amide bonds. The van der Waals surface area contributed by atoms with E-state index in [2.05, 4.69) is 29.3 Å². The van der Waals surface area contributed by atoms with Crippen molar-refractivity contribution in [3.05, 3.63) is 53.9 Å². The molecule has 0 aliphatic heterocycles. The third kappa shape index (κ3) is 4.47. The van der Waals surface area contributed by atoms with Gasteiger partial charge in [0.25, 0.3) is 5.91 Å². The zero-order chi connectivity index (χ0) is 17.5. The van der Waals surface area contributed by atoms with Crippen molar-refractivity contribution in [2.24, 2.45) is 7.05 Å². The molecule has 2 aromatic rings. The van der Waals surface area contributed by atoms with Crippen LogP contribution in [-0.2, 0) is 7.05 Å². The number of hydrogen-bond acceptors (Lipinski definition) is 3. The second-order valence-corrected chi connectivity index (χ2v) is 5.81. The van der Waals surface area contributed by atoms with Crippen LogP contribution in [0.25, 0.3) is 0 Å². The van der Waals surface area contributed by atoms with Crippen LogP contribution in [0.1, 0.15) is 41.1 Å². The van der Waals surface area contributed by atoms with Crippen LogP contribution in [0, 0.1) is 0 Å². The summed E-state index contributed by atoms with van der Waals surface area (Å²) < 4.78 is 1.69. The van der Waals surface area contributed by atoms with Crippen LogP contribution in [0.15, 0.2) is 42.6 Å². The molecule has 128 valence electrons. The van der Waals surface area contributed by atoms with Crippen LogP contribution in [0.2, 0.25) is 0 Å². The molecule has 0 saturated heterocycles. The van der Waals surface area contributed by atoms with Crippen molar-refractivity contribution in [3.8, 4) is 0 Å². The molecule has 24 heavy (non-hydrogen) atoms. The predicted octanol–water partition coefficient (Wildman–Crippen LogP) is 2.87. The maximum Gasteiger partial charge on any atom is 0.267 e. The average Bonchev–Trinajstić information content (AvgIpc) is 2.98.